The van der Waals surface area contributed by atoms with E-state index in [4.69, 9.17) is 9.47 Å². The molecule has 3 aliphatic rings. The van der Waals surface area contributed by atoms with Gasteiger partial charge in [0.15, 0.2) is 6.29 Å². The van der Waals surface area contributed by atoms with Crippen molar-refractivity contribution in [2.75, 3.05) is 26.3 Å². The molecule has 5 heteroatoms. The van der Waals surface area contributed by atoms with Gasteiger partial charge in [-0.15, -0.1) is 0 Å². The highest BCUT2D eigenvalue weighted by Gasteiger charge is 2.44. The number of ether oxygens (including phenoxy) is 2. The predicted molar refractivity (Wildman–Crippen MR) is 96.2 cm³/mol. The van der Waals surface area contributed by atoms with Crippen LogP contribution in [0.3, 0.4) is 0 Å². The number of likely N-dealkylation sites (tertiary alicyclic amines) is 1. The monoisotopic (exact) mass is 361 g/mol. The molecule has 26 heavy (non-hydrogen) atoms. The van der Waals surface area contributed by atoms with Gasteiger partial charge >= 0.3 is 0 Å². The van der Waals surface area contributed by atoms with Gasteiger partial charge in [0.1, 0.15) is 5.82 Å². The quantitative estimate of drug-likeness (QED) is 0.825. The number of hydrogen-bond donors (Lipinski definition) is 0. The third-order valence-electron chi connectivity index (χ3n) is 6.35. The number of rotatable bonds is 3. The number of halogens is 1. The zero-order valence-corrected chi connectivity index (χ0v) is 15.3. The first-order valence-electron chi connectivity index (χ1n) is 9.98. The molecule has 1 saturated carbocycles. The summed E-state index contributed by atoms with van der Waals surface area (Å²) >= 11 is 0. The van der Waals surface area contributed by atoms with Crippen molar-refractivity contribution in [3.05, 3.63) is 35.6 Å². The molecule has 0 unspecified atom stereocenters. The molecule has 0 bridgehead atoms. The molecular formula is C21H28FNO3. The summed E-state index contributed by atoms with van der Waals surface area (Å²) < 4.78 is 25.1. The van der Waals surface area contributed by atoms with Crippen LogP contribution >= 0.6 is 0 Å². The lowest BCUT2D eigenvalue weighted by Crippen LogP contribution is -2.51. The first kappa shape index (κ1) is 17.9. The highest BCUT2D eigenvalue weighted by molar-refractivity contribution is 5.88. The maximum Gasteiger partial charge on any atom is 0.233 e. The number of amides is 1. The van der Waals surface area contributed by atoms with Gasteiger partial charge in [-0.1, -0.05) is 31.4 Å². The van der Waals surface area contributed by atoms with E-state index < -0.39 is 5.41 Å². The summed E-state index contributed by atoms with van der Waals surface area (Å²) in [6, 6.07) is 6.68. The molecule has 1 amide bonds. The average Bonchev–Trinajstić information content (AvgIpc) is 3.23. The maximum atomic E-state index is 13.9. The summed E-state index contributed by atoms with van der Waals surface area (Å²) in [4.78, 5) is 15.6. The van der Waals surface area contributed by atoms with Crippen LogP contribution in [-0.4, -0.2) is 43.4 Å². The summed E-state index contributed by atoms with van der Waals surface area (Å²) in [7, 11) is 0. The SMILES string of the molecule is O=C(N1CCC(C2OCCO2)CC1)C1(c2cccc(F)c2)CCCCC1. The van der Waals surface area contributed by atoms with Crippen LogP contribution in [0.5, 0.6) is 0 Å². The predicted octanol–water partition coefficient (Wildman–Crippen LogP) is 3.64. The first-order chi connectivity index (χ1) is 12.7. The largest absolute Gasteiger partial charge is 0.350 e. The van der Waals surface area contributed by atoms with Crippen LogP contribution in [0.2, 0.25) is 0 Å². The van der Waals surface area contributed by atoms with Crippen LogP contribution in [0.25, 0.3) is 0 Å². The molecule has 0 N–H and O–H groups in total. The zero-order chi connectivity index (χ0) is 18.0. The van der Waals surface area contributed by atoms with Gasteiger partial charge in [0.25, 0.3) is 0 Å². The molecule has 2 heterocycles. The Bertz CT molecular complexity index is 630. The Morgan fingerprint density at radius 1 is 1.08 bits per heavy atom. The van der Waals surface area contributed by atoms with Crippen LogP contribution in [0.1, 0.15) is 50.5 Å². The molecule has 1 aliphatic carbocycles. The number of carbonyl (C=O) groups is 1. The van der Waals surface area contributed by atoms with E-state index in [2.05, 4.69) is 0 Å². The molecule has 142 valence electrons. The molecule has 2 aliphatic heterocycles. The molecule has 0 spiro atoms. The Morgan fingerprint density at radius 2 is 1.77 bits per heavy atom. The first-order valence-corrected chi connectivity index (χ1v) is 9.98. The lowest BCUT2D eigenvalue weighted by Gasteiger charge is -2.43. The van der Waals surface area contributed by atoms with Gasteiger partial charge in [0.2, 0.25) is 5.91 Å². The van der Waals surface area contributed by atoms with Gasteiger partial charge in [-0.05, 0) is 43.4 Å². The van der Waals surface area contributed by atoms with E-state index in [-0.39, 0.29) is 18.0 Å². The van der Waals surface area contributed by atoms with Crippen molar-refractivity contribution in [2.45, 2.75) is 56.7 Å². The third-order valence-corrected chi connectivity index (χ3v) is 6.35. The highest BCUT2D eigenvalue weighted by Crippen LogP contribution is 2.42. The van der Waals surface area contributed by atoms with Crippen molar-refractivity contribution >= 4 is 5.91 Å². The van der Waals surface area contributed by atoms with Crippen LogP contribution in [0, 0.1) is 11.7 Å². The van der Waals surface area contributed by atoms with Crippen molar-refractivity contribution in [3.63, 3.8) is 0 Å². The van der Waals surface area contributed by atoms with Gasteiger partial charge in [0, 0.05) is 19.0 Å². The standard InChI is InChI=1S/C21H28FNO3/c22-18-6-4-5-17(15-18)21(9-2-1-3-10-21)20(24)23-11-7-16(8-12-23)19-25-13-14-26-19/h4-6,15-16,19H,1-3,7-14H2. The normalized spacial score (nSPS) is 24.7. The smallest absolute Gasteiger partial charge is 0.233 e. The second-order valence-corrected chi connectivity index (χ2v) is 7.89. The minimum Gasteiger partial charge on any atom is -0.350 e. The van der Waals surface area contributed by atoms with Gasteiger partial charge in [0.05, 0.1) is 18.6 Å². The van der Waals surface area contributed by atoms with Crippen molar-refractivity contribution in [3.8, 4) is 0 Å². The molecule has 0 atom stereocenters. The lowest BCUT2D eigenvalue weighted by atomic mass is 9.68. The third kappa shape index (κ3) is 3.39. The Kier molecular flexibility index (Phi) is 5.28. The summed E-state index contributed by atoms with van der Waals surface area (Å²) in [5.41, 5.74) is 0.305. The zero-order valence-electron chi connectivity index (χ0n) is 15.3. The number of hydrogen-bond acceptors (Lipinski definition) is 3. The van der Waals surface area contributed by atoms with E-state index >= 15 is 0 Å². The summed E-state index contributed by atoms with van der Waals surface area (Å²) in [6.07, 6.45) is 6.59. The van der Waals surface area contributed by atoms with E-state index in [0.29, 0.717) is 19.1 Å². The number of benzene rings is 1. The van der Waals surface area contributed by atoms with Crippen molar-refractivity contribution < 1.29 is 18.7 Å². The van der Waals surface area contributed by atoms with Crippen LogP contribution in [-0.2, 0) is 19.7 Å². The van der Waals surface area contributed by atoms with Crippen molar-refractivity contribution in [1.29, 1.82) is 0 Å². The van der Waals surface area contributed by atoms with E-state index in [1.807, 2.05) is 11.0 Å². The van der Waals surface area contributed by atoms with E-state index in [9.17, 15) is 9.18 Å². The maximum absolute atomic E-state index is 13.9. The Hall–Kier alpha value is -1.46. The molecule has 0 radical (unpaired) electrons. The summed E-state index contributed by atoms with van der Waals surface area (Å²) in [5, 5.41) is 0. The fourth-order valence-corrected chi connectivity index (χ4v) is 4.89. The average molecular weight is 361 g/mol. The fraction of sp³-hybridized carbons (Fsp3) is 0.667. The Morgan fingerprint density at radius 3 is 2.42 bits per heavy atom. The fourth-order valence-electron chi connectivity index (χ4n) is 4.89. The molecule has 4 nitrogen and oxygen atoms in total. The Balaban J connectivity index is 1.50. The minimum absolute atomic E-state index is 0.0980. The lowest BCUT2D eigenvalue weighted by molar-refractivity contribution is -0.144. The van der Waals surface area contributed by atoms with Gasteiger partial charge in [-0.3, -0.25) is 4.79 Å². The summed E-state index contributed by atoms with van der Waals surface area (Å²) in [5.74, 6) is 0.307. The van der Waals surface area contributed by atoms with Crippen LogP contribution < -0.4 is 0 Å². The molecule has 4 rings (SSSR count). The molecule has 1 aromatic carbocycles. The second kappa shape index (κ2) is 7.65. The van der Waals surface area contributed by atoms with Gasteiger partial charge in [-0.2, -0.15) is 0 Å². The van der Waals surface area contributed by atoms with E-state index in [0.717, 1.165) is 63.6 Å². The highest BCUT2D eigenvalue weighted by atomic mass is 19.1. The molecule has 1 aromatic rings. The molecule has 3 fully saturated rings. The minimum atomic E-state index is -0.548. The Labute approximate surface area is 154 Å². The molecule has 2 saturated heterocycles. The second-order valence-electron chi connectivity index (χ2n) is 7.89. The number of piperidine rings is 1. The van der Waals surface area contributed by atoms with Crippen LogP contribution in [0.4, 0.5) is 4.39 Å². The van der Waals surface area contributed by atoms with Crippen LogP contribution in [0.15, 0.2) is 24.3 Å². The number of nitrogens with zero attached hydrogens (tertiary/aromatic N) is 1. The summed E-state index contributed by atoms with van der Waals surface area (Å²) in [6.45, 7) is 2.83. The number of carbonyl (C=O) groups excluding carboxylic acids is 1. The molecule has 0 aromatic heterocycles. The molecular weight excluding hydrogens is 333 g/mol. The van der Waals surface area contributed by atoms with E-state index in [1.54, 1.807) is 12.1 Å². The topological polar surface area (TPSA) is 38.8 Å². The van der Waals surface area contributed by atoms with Gasteiger partial charge in [-0.25, -0.2) is 4.39 Å². The van der Waals surface area contributed by atoms with Gasteiger partial charge < -0.3 is 14.4 Å². The van der Waals surface area contributed by atoms with E-state index in [1.165, 1.54) is 6.07 Å². The van der Waals surface area contributed by atoms with Crippen molar-refractivity contribution in [2.24, 2.45) is 5.92 Å². The van der Waals surface area contributed by atoms with Crippen molar-refractivity contribution in [1.82, 2.24) is 4.90 Å².